The summed E-state index contributed by atoms with van der Waals surface area (Å²) in [6.07, 6.45) is 0. The van der Waals surface area contributed by atoms with Crippen LogP contribution in [-0.2, 0) is 0 Å². The largest absolute Gasteiger partial charge is 0.478 e. The van der Waals surface area contributed by atoms with Crippen LogP contribution in [0.15, 0.2) is 33.2 Å². The molecule has 1 aromatic heterocycles. The van der Waals surface area contributed by atoms with Gasteiger partial charge in [-0.2, -0.15) is 0 Å². The number of carboxylic acids is 1. The van der Waals surface area contributed by atoms with Gasteiger partial charge in [-0.1, -0.05) is 6.07 Å². The standard InChI is InChI=1S/C13H11Br2NO2/c1-7-6-9(13(17)18)8(2)16(7)12-10(14)4-3-5-11(12)15/h3-6H,1-2H3,(H,17,18). The number of aromatic nitrogens is 1. The summed E-state index contributed by atoms with van der Waals surface area (Å²) in [7, 11) is 0. The zero-order chi connectivity index (χ0) is 13.4. The van der Waals surface area contributed by atoms with Gasteiger partial charge in [-0.3, -0.25) is 0 Å². The van der Waals surface area contributed by atoms with Gasteiger partial charge in [0.25, 0.3) is 0 Å². The molecule has 0 atom stereocenters. The zero-order valence-electron chi connectivity index (χ0n) is 9.87. The van der Waals surface area contributed by atoms with Gasteiger partial charge in [-0.05, 0) is 63.9 Å². The van der Waals surface area contributed by atoms with Crippen LogP contribution in [0.2, 0.25) is 0 Å². The Morgan fingerprint density at radius 1 is 1.22 bits per heavy atom. The Kier molecular flexibility index (Phi) is 3.64. The number of benzene rings is 1. The third-order valence-electron chi connectivity index (χ3n) is 2.82. The van der Waals surface area contributed by atoms with Crippen molar-refractivity contribution in [2.24, 2.45) is 0 Å². The summed E-state index contributed by atoms with van der Waals surface area (Å²) in [5, 5.41) is 9.15. The maximum Gasteiger partial charge on any atom is 0.337 e. The van der Waals surface area contributed by atoms with Crippen molar-refractivity contribution in [1.82, 2.24) is 4.57 Å². The molecule has 2 aromatic rings. The molecule has 0 saturated carbocycles. The van der Waals surface area contributed by atoms with E-state index >= 15 is 0 Å². The van der Waals surface area contributed by atoms with Crippen LogP contribution < -0.4 is 0 Å². The molecule has 0 radical (unpaired) electrons. The molecule has 0 bridgehead atoms. The summed E-state index contributed by atoms with van der Waals surface area (Å²) >= 11 is 7.00. The normalized spacial score (nSPS) is 10.7. The van der Waals surface area contributed by atoms with Crippen molar-refractivity contribution in [3.8, 4) is 5.69 Å². The van der Waals surface area contributed by atoms with Crippen molar-refractivity contribution in [2.45, 2.75) is 13.8 Å². The molecule has 0 fully saturated rings. The van der Waals surface area contributed by atoms with Crippen LogP contribution in [0.5, 0.6) is 0 Å². The number of nitrogens with zero attached hydrogens (tertiary/aromatic N) is 1. The number of rotatable bonds is 2. The van der Waals surface area contributed by atoms with Gasteiger partial charge in [0.2, 0.25) is 0 Å². The van der Waals surface area contributed by atoms with Gasteiger partial charge in [0, 0.05) is 20.3 Å². The minimum atomic E-state index is -0.905. The van der Waals surface area contributed by atoms with Crippen LogP contribution in [0.1, 0.15) is 21.7 Å². The Balaban J connectivity index is 2.76. The second kappa shape index (κ2) is 4.90. The fourth-order valence-electron chi connectivity index (χ4n) is 2.03. The number of hydrogen-bond acceptors (Lipinski definition) is 1. The number of aromatic carboxylic acids is 1. The molecular weight excluding hydrogens is 362 g/mol. The lowest BCUT2D eigenvalue weighted by Gasteiger charge is -2.13. The monoisotopic (exact) mass is 371 g/mol. The quantitative estimate of drug-likeness (QED) is 0.852. The van der Waals surface area contributed by atoms with E-state index in [-0.39, 0.29) is 0 Å². The highest BCUT2D eigenvalue weighted by atomic mass is 79.9. The lowest BCUT2D eigenvalue weighted by molar-refractivity contribution is 0.0696. The predicted octanol–water partition coefficient (Wildman–Crippen LogP) is 4.32. The summed E-state index contributed by atoms with van der Waals surface area (Å²) in [4.78, 5) is 11.2. The maximum absolute atomic E-state index is 11.2. The molecule has 0 amide bonds. The first-order valence-electron chi connectivity index (χ1n) is 5.30. The van der Waals surface area contributed by atoms with E-state index in [1.165, 1.54) is 0 Å². The molecule has 0 unspecified atom stereocenters. The van der Waals surface area contributed by atoms with Crippen LogP contribution in [0, 0.1) is 13.8 Å². The molecule has 0 aliphatic rings. The predicted molar refractivity (Wildman–Crippen MR) is 77.6 cm³/mol. The van der Waals surface area contributed by atoms with Crippen molar-refractivity contribution in [1.29, 1.82) is 0 Å². The minimum Gasteiger partial charge on any atom is -0.478 e. The molecule has 1 aromatic carbocycles. The molecule has 3 nitrogen and oxygen atoms in total. The zero-order valence-corrected chi connectivity index (χ0v) is 13.0. The van der Waals surface area contributed by atoms with E-state index < -0.39 is 5.97 Å². The van der Waals surface area contributed by atoms with Crippen molar-refractivity contribution in [3.05, 3.63) is 50.2 Å². The smallest absolute Gasteiger partial charge is 0.337 e. The molecule has 94 valence electrons. The fraction of sp³-hybridized carbons (Fsp3) is 0.154. The third kappa shape index (κ3) is 2.12. The molecule has 0 aliphatic carbocycles. The van der Waals surface area contributed by atoms with E-state index in [2.05, 4.69) is 31.9 Å². The van der Waals surface area contributed by atoms with Gasteiger partial charge < -0.3 is 9.67 Å². The molecule has 2 rings (SSSR count). The number of carbonyl (C=O) groups is 1. The van der Waals surface area contributed by atoms with Crippen LogP contribution in [-0.4, -0.2) is 15.6 Å². The molecule has 0 saturated heterocycles. The Morgan fingerprint density at radius 2 is 1.78 bits per heavy atom. The van der Waals surface area contributed by atoms with E-state index in [0.29, 0.717) is 11.3 Å². The van der Waals surface area contributed by atoms with Gasteiger partial charge in [0.1, 0.15) is 0 Å². The van der Waals surface area contributed by atoms with E-state index in [0.717, 1.165) is 20.3 Å². The van der Waals surface area contributed by atoms with Crippen LogP contribution >= 0.6 is 31.9 Å². The number of hydrogen-bond donors (Lipinski definition) is 1. The van der Waals surface area contributed by atoms with Crippen LogP contribution in [0.25, 0.3) is 5.69 Å². The summed E-state index contributed by atoms with van der Waals surface area (Å²) < 4.78 is 3.75. The van der Waals surface area contributed by atoms with Gasteiger partial charge in [0.05, 0.1) is 11.3 Å². The van der Waals surface area contributed by atoms with E-state index in [1.54, 1.807) is 6.07 Å². The molecule has 1 N–H and O–H groups in total. The summed E-state index contributed by atoms with van der Waals surface area (Å²) in [5.74, 6) is -0.905. The Bertz CT molecular complexity index is 612. The first-order chi connectivity index (χ1) is 8.43. The topological polar surface area (TPSA) is 42.2 Å². The molecule has 0 aliphatic heterocycles. The summed E-state index contributed by atoms with van der Waals surface area (Å²) in [6, 6.07) is 7.46. The first-order valence-corrected chi connectivity index (χ1v) is 6.88. The summed E-state index contributed by atoms with van der Waals surface area (Å²) in [6.45, 7) is 3.70. The number of para-hydroxylation sites is 1. The Hall–Kier alpha value is -1.07. The second-order valence-corrected chi connectivity index (χ2v) is 5.70. The SMILES string of the molecule is Cc1cc(C(=O)O)c(C)n1-c1c(Br)cccc1Br. The van der Waals surface area contributed by atoms with Gasteiger partial charge in [-0.15, -0.1) is 0 Å². The highest BCUT2D eigenvalue weighted by Crippen LogP contribution is 2.32. The van der Waals surface area contributed by atoms with Crippen molar-refractivity contribution < 1.29 is 9.90 Å². The number of carboxylic acid groups (broad SMARTS) is 1. The van der Waals surface area contributed by atoms with Crippen LogP contribution in [0.3, 0.4) is 0 Å². The second-order valence-electron chi connectivity index (χ2n) is 4.00. The lowest BCUT2D eigenvalue weighted by atomic mass is 10.2. The number of halogens is 2. The number of aryl methyl sites for hydroxylation is 1. The lowest BCUT2D eigenvalue weighted by Crippen LogP contribution is -2.03. The summed E-state index contributed by atoms with van der Waals surface area (Å²) in [5.41, 5.74) is 2.85. The average Bonchev–Trinajstić information content (AvgIpc) is 2.56. The molecular formula is C13H11Br2NO2. The Labute approximate surface area is 122 Å². The molecule has 1 heterocycles. The van der Waals surface area contributed by atoms with Crippen molar-refractivity contribution >= 4 is 37.8 Å². The van der Waals surface area contributed by atoms with E-state index in [4.69, 9.17) is 5.11 Å². The van der Waals surface area contributed by atoms with E-state index in [1.807, 2.05) is 36.6 Å². The molecule has 18 heavy (non-hydrogen) atoms. The van der Waals surface area contributed by atoms with Gasteiger partial charge in [0.15, 0.2) is 0 Å². The first kappa shape index (κ1) is 13.4. The molecule has 5 heteroatoms. The van der Waals surface area contributed by atoms with Crippen LogP contribution in [0.4, 0.5) is 0 Å². The molecule has 0 spiro atoms. The Morgan fingerprint density at radius 3 is 2.22 bits per heavy atom. The highest BCUT2D eigenvalue weighted by Gasteiger charge is 2.18. The fourth-order valence-corrected chi connectivity index (χ4v) is 3.38. The minimum absolute atomic E-state index is 0.329. The van der Waals surface area contributed by atoms with E-state index in [9.17, 15) is 4.79 Å². The van der Waals surface area contributed by atoms with Crippen molar-refractivity contribution in [2.75, 3.05) is 0 Å². The van der Waals surface area contributed by atoms with Gasteiger partial charge in [-0.25, -0.2) is 4.79 Å². The maximum atomic E-state index is 11.2. The van der Waals surface area contributed by atoms with Gasteiger partial charge >= 0.3 is 5.97 Å². The highest BCUT2D eigenvalue weighted by molar-refractivity contribution is 9.11. The average molecular weight is 373 g/mol. The van der Waals surface area contributed by atoms with Crippen molar-refractivity contribution in [3.63, 3.8) is 0 Å². The third-order valence-corrected chi connectivity index (χ3v) is 4.10.